The molecule has 4 rings (SSSR count). The molecule has 3 heterocycles. The summed E-state index contributed by atoms with van der Waals surface area (Å²) < 4.78 is 16.9. The van der Waals surface area contributed by atoms with Gasteiger partial charge in [0.2, 0.25) is 5.91 Å². The molecule has 3 aliphatic rings. The first-order valence-electron chi connectivity index (χ1n) is 10.7. The highest BCUT2D eigenvalue weighted by atomic mass is 16.5. The molecule has 0 spiro atoms. The third-order valence-electron chi connectivity index (χ3n) is 5.99. The number of likely N-dealkylation sites (tertiary alicyclic amines) is 1. The van der Waals surface area contributed by atoms with Gasteiger partial charge >= 0.3 is 0 Å². The van der Waals surface area contributed by atoms with Gasteiger partial charge in [-0.2, -0.15) is 0 Å². The Kier molecular flexibility index (Phi) is 6.83. The van der Waals surface area contributed by atoms with Crippen molar-refractivity contribution >= 4 is 5.91 Å². The average molecular weight is 389 g/mol. The van der Waals surface area contributed by atoms with Gasteiger partial charge in [-0.25, -0.2) is 0 Å². The zero-order valence-corrected chi connectivity index (χ0v) is 16.7. The molecule has 1 amide bonds. The quantitative estimate of drug-likeness (QED) is 0.749. The van der Waals surface area contributed by atoms with Crippen LogP contribution in [0.5, 0.6) is 5.75 Å². The number of hydrogen-bond donors (Lipinski definition) is 0. The molecule has 154 valence electrons. The molecule has 2 atom stereocenters. The van der Waals surface area contributed by atoms with Crippen LogP contribution in [0.4, 0.5) is 0 Å². The summed E-state index contributed by atoms with van der Waals surface area (Å²) in [6.45, 7) is 6.04. The Hall–Kier alpha value is -1.63. The summed E-state index contributed by atoms with van der Waals surface area (Å²) >= 11 is 0. The molecular formula is C22H32N2O4. The summed E-state index contributed by atoms with van der Waals surface area (Å²) in [5.41, 5.74) is 1.23. The largest absolute Gasteiger partial charge is 0.491 e. The fourth-order valence-electron chi connectivity index (χ4n) is 4.34. The summed E-state index contributed by atoms with van der Waals surface area (Å²) in [6, 6.07) is 8.31. The van der Waals surface area contributed by atoms with E-state index in [1.54, 1.807) is 0 Å². The second kappa shape index (κ2) is 9.72. The van der Waals surface area contributed by atoms with Gasteiger partial charge in [0.25, 0.3) is 0 Å². The Morgan fingerprint density at radius 2 is 1.82 bits per heavy atom. The van der Waals surface area contributed by atoms with Crippen molar-refractivity contribution in [3.8, 4) is 5.75 Å². The van der Waals surface area contributed by atoms with Gasteiger partial charge < -0.3 is 19.1 Å². The summed E-state index contributed by atoms with van der Waals surface area (Å²) in [5.74, 6) is 1.17. The average Bonchev–Trinajstić information content (AvgIpc) is 3.27. The van der Waals surface area contributed by atoms with E-state index < -0.39 is 0 Å². The van der Waals surface area contributed by atoms with Crippen LogP contribution in [-0.4, -0.2) is 73.9 Å². The summed E-state index contributed by atoms with van der Waals surface area (Å²) in [4.78, 5) is 17.3. The molecule has 0 bridgehead atoms. The molecule has 0 saturated carbocycles. The summed E-state index contributed by atoms with van der Waals surface area (Å²) in [6.07, 6.45) is 5.71. The first kappa shape index (κ1) is 19.7. The lowest BCUT2D eigenvalue weighted by atomic mass is 9.99. The van der Waals surface area contributed by atoms with Gasteiger partial charge in [0.15, 0.2) is 0 Å². The van der Waals surface area contributed by atoms with Crippen molar-refractivity contribution in [3.05, 3.63) is 29.8 Å². The van der Waals surface area contributed by atoms with Crippen LogP contribution in [0.2, 0.25) is 0 Å². The highest BCUT2D eigenvalue weighted by Crippen LogP contribution is 2.23. The van der Waals surface area contributed by atoms with Gasteiger partial charge in [0.1, 0.15) is 12.4 Å². The van der Waals surface area contributed by atoms with Crippen LogP contribution >= 0.6 is 0 Å². The first-order chi connectivity index (χ1) is 13.8. The molecular weight excluding hydrogens is 356 g/mol. The van der Waals surface area contributed by atoms with Gasteiger partial charge in [-0.3, -0.25) is 9.69 Å². The third-order valence-corrected chi connectivity index (χ3v) is 5.99. The van der Waals surface area contributed by atoms with Crippen molar-refractivity contribution in [2.24, 2.45) is 0 Å². The molecule has 28 heavy (non-hydrogen) atoms. The van der Waals surface area contributed by atoms with E-state index >= 15 is 0 Å². The molecule has 6 nitrogen and oxygen atoms in total. The van der Waals surface area contributed by atoms with Crippen LogP contribution in [0.3, 0.4) is 0 Å². The van der Waals surface area contributed by atoms with Gasteiger partial charge in [0, 0.05) is 26.2 Å². The molecule has 0 aliphatic carbocycles. The Labute approximate surface area is 167 Å². The van der Waals surface area contributed by atoms with E-state index in [0.717, 1.165) is 70.6 Å². The van der Waals surface area contributed by atoms with E-state index in [2.05, 4.69) is 17.0 Å². The summed E-state index contributed by atoms with van der Waals surface area (Å²) in [7, 11) is 0. The maximum absolute atomic E-state index is 13.0. The Bertz CT molecular complexity index is 624. The minimum absolute atomic E-state index is 0.00212. The minimum Gasteiger partial charge on any atom is -0.491 e. The lowest BCUT2D eigenvalue weighted by molar-refractivity contribution is -0.142. The van der Waals surface area contributed by atoms with E-state index in [-0.39, 0.29) is 18.1 Å². The van der Waals surface area contributed by atoms with Crippen LogP contribution in [0.25, 0.3) is 0 Å². The maximum Gasteiger partial charge on any atom is 0.240 e. The van der Waals surface area contributed by atoms with E-state index in [4.69, 9.17) is 14.2 Å². The van der Waals surface area contributed by atoms with Crippen molar-refractivity contribution in [3.63, 3.8) is 0 Å². The van der Waals surface area contributed by atoms with Crippen LogP contribution in [-0.2, 0) is 20.8 Å². The number of morpholine rings is 1. The highest BCUT2D eigenvalue weighted by Gasteiger charge is 2.32. The van der Waals surface area contributed by atoms with Crippen LogP contribution < -0.4 is 4.74 Å². The molecule has 0 aromatic heterocycles. The predicted molar refractivity (Wildman–Crippen MR) is 106 cm³/mol. The number of hydrogen-bond acceptors (Lipinski definition) is 5. The molecule has 3 aliphatic heterocycles. The Balaban J connectivity index is 1.32. The van der Waals surface area contributed by atoms with Crippen LogP contribution in [0.1, 0.15) is 37.7 Å². The van der Waals surface area contributed by atoms with Gasteiger partial charge in [-0.05, 0) is 49.9 Å². The Morgan fingerprint density at radius 3 is 2.57 bits per heavy atom. The lowest BCUT2D eigenvalue weighted by Gasteiger charge is -2.38. The zero-order valence-electron chi connectivity index (χ0n) is 16.7. The molecule has 0 radical (unpaired) electrons. The molecule has 1 aromatic rings. The molecule has 3 fully saturated rings. The molecule has 0 unspecified atom stereocenters. The fraction of sp³-hybridized carbons (Fsp3) is 0.682. The number of nitrogens with zero attached hydrogens (tertiary/aromatic N) is 2. The lowest BCUT2D eigenvalue weighted by Crippen LogP contribution is -2.53. The number of amides is 1. The van der Waals surface area contributed by atoms with Crippen molar-refractivity contribution in [1.82, 2.24) is 9.80 Å². The van der Waals surface area contributed by atoms with Gasteiger partial charge in [-0.1, -0.05) is 18.6 Å². The van der Waals surface area contributed by atoms with Crippen LogP contribution in [0, 0.1) is 0 Å². The van der Waals surface area contributed by atoms with Gasteiger partial charge in [-0.15, -0.1) is 0 Å². The second-order valence-corrected chi connectivity index (χ2v) is 8.01. The molecule has 1 aromatic carbocycles. The first-order valence-corrected chi connectivity index (χ1v) is 10.7. The van der Waals surface area contributed by atoms with E-state index in [1.807, 2.05) is 17.0 Å². The maximum atomic E-state index is 13.0. The van der Waals surface area contributed by atoms with E-state index in [0.29, 0.717) is 19.8 Å². The van der Waals surface area contributed by atoms with Crippen LogP contribution in [0.15, 0.2) is 24.3 Å². The molecule has 6 heteroatoms. The topological polar surface area (TPSA) is 51.2 Å². The zero-order chi connectivity index (χ0) is 19.2. The number of carbonyl (C=O) groups excluding carboxylic acids is 1. The smallest absolute Gasteiger partial charge is 0.240 e. The van der Waals surface area contributed by atoms with Crippen molar-refractivity contribution in [1.29, 1.82) is 0 Å². The standard InChI is InChI=1S/C22H32N2O4/c25-22(23-11-14-26-15-12-23)21-5-1-2-10-24(21)16-18-6-8-19(9-7-18)28-17-20-4-3-13-27-20/h6-9,20-21H,1-5,10-17H2/t20-,21-/m1/s1. The predicted octanol–water partition coefficient (Wildman–Crippen LogP) is 2.46. The Morgan fingerprint density at radius 1 is 1.00 bits per heavy atom. The normalized spacial score (nSPS) is 26.4. The van der Waals surface area contributed by atoms with E-state index in [1.165, 1.54) is 5.56 Å². The number of carbonyl (C=O) groups is 1. The SMILES string of the molecule is O=C([C@H]1CCCCN1Cc1ccc(OC[C@H]2CCCO2)cc1)N1CCOCC1. The number of benzene rings is 1. The van der Waals surface area contributed by atoms with Crippen molar-refractivity contribution < 1.29 is 19.0 Å². The van der Waals surface area contributed by atoms with Crippen molar-refractivity contribution in [2.45, 2.75) is 50.8 Å². The monoisotopic (exact) mass is 388 g/mol. The van der Waals surface area contributed by atoms with Gasteiger partial charge in [0.05, 0.1) is 25.4 Å². The number of piperidine rings is 1. The highest BCUT2D eigenvalue weighted by molar-refractivity contribution is 5.82. The molecule has 0 N–H and O–H groups in total. The minimum atomic E-state index is 0.00212. The fourth-order valence-corrected chi connectivity index (χ4v) is 4.34. The third kappa shape index (κ3) is 5.04. The molecule has 3 saturated heterocycles. The number of rotatable bonds is 6. The van der Waals surface area contributed by atoms with E-state index in [9.17, 15) is 4.79 Å². The number of ether oxygens (including phenoxy) is 3. The summed E-state index contributed by atoms with van der Waals surface area (Å²) in [5, 5.41) is 0. The second-order valence-electron chi connectivity index (χ2n) is 8.01. The van der Waals surface area contributed by atoms with Crippen molar-refractivity contribution in [2.75, 3.05) is 46.1 Å².